The molecule has 0 saturated carbocycles. The van der Waals surface area contributed by atoms with Gasteiger partial charge in [-0.25, -0.2) is 9.37 Å². The summed E-state index contributed by atoms with van der Waals surface area (Å²) >= 11 is 1.25. The van der Waals surface area contributed by atoms with Gasteiger partial charge < -0.3 is 0 Å². The maximum Gasteiger partial charge on any atom is 0.257 e. The average Bonchev–Trinajstić information content (AvgIpc) is 2.69. The zero-order valence-electron chi connectivity index (χ0n) is 15.1. The number of rotatable bonds is 6. The Morgan fingerprint density at radius 3 is 2.44 bits per heavy atom. The summed E-state index contributed by atoms with van der Waals surface area (Å²) in [7, 11) is 1.65. The third kappa shape index (κ3) is 4.52. The van der Waals surface area contributed by atoms with Crippen molar-refractivity contribution < 1.29 is 9.18 Å². The van der Waals surface area contributed by atoms with Crippen LogP contribution >= 0.6 is 11.8 Å². The van der Waals surface area contributed by atoms with Crippen LogP contribution in [-0.2, 0) is 13.5 Å². The molecule has 0 amide bonds. The SMILES string of the molecule is Cc1nc(SCC(=O)c2ccccc2)n(C)c(=O)c1Cc1ccc(F)cc1. The highest BCUT2D eigenvalue weighted by Gasteiger charge is 2.15. The maximum absolute atomic E-state index is 13.1. The first-order valence-corrected chi connectivity index (χ1v) is 9.46. The first-order chi connectivity index (χ1) is 13.0. The Labute approximate surface area is 161 Å². The van der Waals surface area contributed by atoms with Crippen LogP contribution in [0.25, 0.3) is 0 Å². The van der Waals surface area contributed by atoms with Gasteiger partial charge >= 0.3 is 0 Å². The van der Waals surface area contributed by atoms with Gasteiger partial charge in [-0.3, -0.25) is 14.2 Å². The zero-order valence-corrected chi connectivity index (χ0v) is 15.9. The molecule has 3 aromatic rings. The van der Waals surface area contributed by atoms with E-state index in [2.05, 4.69) is 4.98 Å². The van der Waals surface area contributed by atoms with Gasteiger partial charge in [0.05, 0.1) is 5.75 Å². The predicted octanol–water partition coefficient (Wildman–Crippen LogP) is 3.79. The van der Waals surface area contributed by atoms with E-state index in [0.717, 1.165) is 5.56 Å². The summed E-state index contributed by atoms with van der Waals surface area (Å²) in [6.07, 6.45) is 0.389. The molecule has 0 aliphatic rings. The monoisotopic (exact) mass is 382 g/mol. The van der Waals surface area contributed by atoms with Gasteiger partial charge in [-0.15, -0.1) is 0 Å². The topological polar surface area (TPSA) is 52.0 Å². The lowest BCUT2D eigenvalue weighted by atomic mass is 10.1. The first kappa shape index (κ1) is 19.0. The third-order valence-corrected chi connectivity index (χ3v) is 5.30. The zero-order chi connectivity index (χ0) is 19.4. The molecule has 0 atom stereocenters. The summed E-state index contributed by atoms with van der Waals surface area (Å²) in [6, 6.07) is 15.1. The lowest BCUT2D eigenvalue weighted by Gasteiger charge is -2.12. The highest BCUT2D eigenvalue weighted by atomic mass is 32.2. The first-order valence-electron chi connectivity index (χ1n) is 8.47. The van der Waals surface area contributed by atoms with Gasteiger partial charge in [0.15, 0.2) is 10.9 Å². The van der Waals surface area contributed by atoms with E-state index in [1.165, 1.54) is 28.5 Å². The molecule has 0 fully saturated rings. The van der Waals surface area contributed by atoms with E-state index in [4.69, 9.17) is 0 Å². The maximum atomic E-state index is 13.1. The quantitative estimate of drug-likeness (QED) is 0.370. The number of ketones is 1. The fourth-order valence-corrected chi connectivity index (χ4v) is 3.61. The number of thioether (sulfide) groups is 1. The number of carbonyl (C=O) groups is 1. The van der Waals surface area contributed by atoms with Gasteiger partial charge in [0.2, 0.25) is 0 Å². The number of hydrogen-bond donors (Lipinski definition) is 0. The van der Waals surface area contributed by atoms with Crippen molar-refractivity contribution in [3.8, 4) is 0 Å². The molecule has 0 radical (unpaired) electrons. The predicted molar refractivity (Wildman–Crippen MR) is 105 cm³/mol. The van der Waals surface area contributed by atoms with E-state index >= 15 is 0 Å². The molecule has 6 heteroatoms. The van der Waals surface area contributed by atoms with Gasteiger partial charge in [0, 0.05) is 30.3 Å². The Kier molecular flexibility index (Phi) is 5.86. The molecule has 3 rings (SSSR count). The van der Waals surface area contributed by atoms with Crippen LogP contribution in [0.15, 0.2) is 64.5 Å². The second kappa shape index (κ2) is 8.31. The number of nitrogens with zero attached hydrogens (tertiary/aromatic N) is 2. The molecule has 0 spiro atoms. The van der Waals surface area contributed by atoms with Gasteiger partial charge in [0.1, 0.15) is 5.82 Å². The van der Waals surface area contributed by atoms with Crippen molar-refractivity contribution in [2.45, 2.75) is 18.5 Å². The van der Waals surface area contributed by atoms with Crippen molar-refractivity contribution in [2.75, 3.05) is 5.75 Å². The molecular weight excluding hydrogens is 363 g/mol. The fourth-order valence-electron chi connectivity index (χ4n) is 2.71. The van der Waals surface area contributed by atoms with Crippen LogP contribution in [0.4, 0.5) is 4.39 Å². The van der Waals surface area contributed by atoms with Crippen LogP contribution in [-0.4, -0.2) is 21.1 Å². The molecule has 27 heavy (non-hydrogen) atoms. The van der Waals surface area contributed by atoms with E-state index in [1.54, 1.807) is 38.2 Å². The van der Waals surface area contributed by atoms with Crippen molar-refractivity contribution >= 4 is 17.5 Å². The van der Waals surface area contributed by atoms with E-state index in [-0.39, 0.29) is 22.9 Å². The number of aromatic nitrogens is 2. The summed E-state index contributed by atoms with van der Waals surface area (Å²) in [5.41, 5.74) is 2.53. The molecule has 0 bridgehead atoms. The average molecular weight is 382 g/mol. The van der Waals surface area contributed by atoms with E-state index < -0.39 is 0 Å². The van der Waals surface area contributed by atoms with E-state index in [0.29, 0.717) is 28.4 Å². The van der Waals surface area contributed by atoms with Crippen LogP contribution in [0, 0.1) is 12.7 Å². The van der Waals surface area contributed by atoms with Crippen molar-refractivity contribution in [3.05, 3.63) is 93.2 Å². The van der Waals surface area contributed by atoms with Crippen LogP contribution in [0.3, 0.4) is 0 Å². The highest BCUT2D eigenvalue weighted by molar-refractivity contribution is 7.99. The van der Waals surface area contributed by atoms with Crippen LogP contribution < -0.4 is 5.56 Å². The molecule has 1 aromatic heterocycles. The van der Waals surface area contributed by atoms with Gasteiger partial charge in [-0.1, -0.05) is 54.2 Å². The van der Waals surface area contributed by atoms with Crippen molar-refractivity contribution in [2.24, 2.45) is 7.05 Å². The second-order valence-corrected chi connectivity index (χ2v) is 7.15. The van der Waals surface area contributed by atoms with Crippen LogP contribution in [0.1, 0.15) is 27.2 Å². The number of hydrogen-bond acceptors (Lipinski definition) is 4. The minimum absolute atomic E-state index is 0.0112. The molecule has 4 nitrogen and oxygen atoms in total. The summed E-state index contributed by atoms with van der Waals surface area (Å²) < 4.78 is 14.5. The third-order valence-electron chi connectivity index (χ3n) is 4.27. The molecule has 138 valence electrons. The highest BCUT2D eigenvalue weighted by Crippen LogP contribution is 2.18. The second-order valence-electron chi connectivity index (χ2n) is 6.20. The summed E-state index contributed by atoms with van der Waals surface area (Å²) in [4.78, 5) is 29.5. The lowest BCUT2D eigenvalue weighted by molar-refractivity contribution is 0.102. The molecular formula is C21H19FN2O2S. The summed E-state index contributed by atoms with van der Waals surface area (Å²) in [6.45, 7) is 1.78. The van der Waals surface area contributed by atoms with E-state index in [1.807, 2.05) is 18.2 Å². The van der Waals surface area contributed by atoms with Crippen LogP contribution in [0.5, 0.6) is 0 Å². The van der Waals surface area contributed by atoms with Gasteiger partial charge in [0.25, 0.3) is 5.56 Å². The Balaban J connectivity index is 1.79. The minimum atomic E-state index is -0.309. The number of carbonyl (C=O) groups excluding carboxylic acids is 1. The number of halogens is 1. The largest absolute Gasteiger partial charge is 0.293 e. The Morgan fingerprint density at radius 1 is 1.11 bits per heavy atom. The molecule has 2 aromatic carbocycles. The number of Topliss-reactive ketones (excluding diaryl/α,β-unsaturated/α-hetero) is 1. The summed E-state index contributed by atoms with van der Waals surface area (Å²) in [5.74, 6) is -0.111. The van der Waals surface area contributed by atoms with Gasteiger partial charge in [-0.05, 0) is 24.6 Å². The van der Waals surface area contributed by atoms with Crippen molar-refractivity contribution in [3.63, 3.8) is 0 Å². The van der Waals surface area contributed by atoms with Gasteiger partial charge in [-0.2, -0.15) is 0 Å². The Bertz CT molecular complexity index is 1010. The fraction of sp³-hybridized carbons (Fsp3) is 0.190. The van der Waals surface area contributed by atoms with Crippen LogP contribution in [0.2, 0.25) is 0 Å². The molecule has 0 N–H and O–H groups in total. The molecule has 0 aliphatic carbocycles. The number of benzene rings is 2. The van der Waals surface area contributed by atoms with Crippen molar-refractivity contribution in [1.82, 2.24) is 9.55 Å². The van der Waals surface area contributed by atoms with E-state index in [9.17, 15) is 14.0 Å². The molecule has 0 saturated heterocycles. The molecule has 0 unspecified atom stereocenters. The molecule has 0 aliphatic heterocycles. The Morgan fingerprint density at radius 2 is 1.78 bits per heavy atom. The Hall–Kier alpha value is -2.73. The van der Waals surface area contributed by atoms with Crippen molar-refractivity contribution in [1.29, 1.82) is 0 Å². The molecule has 1 heterocycles. The lowest BCUT2D eigenvalue weighted by Crippen LogP contribution is -2.26. The smallest absolute Gasteiger partial charge is 0.257 e. The summed E-state index contributed by atoms with van der Waals surface area (Å²) in [5, 5.41) is 0.504. The normalized spacial score (nSPS) is 10.8. The standard InChI is InChI=1S/C21H19FN2O2S/c1-14-18(12-15-8-10-17(22)11-9-15)20(26)24(2)21(23-14)27-13-19(25)16-6-4-3-5-7-16/h3-11H,12-13H2,1-2H3. The number of aryl methyl sites for hydroxylation is 1. The minimum Gasteiger partial charge on any atom is -0.293 e.